The van der Waals surface area contributed by atoms with Gasteiger partial charge in [-0.15, -0.1) is 10.2 Å². The molecule has 68 heavy (non-hydrogen) atoms. The van der Waals surface area contributed by atoms with E-state index in [9.17, 15) is 24.0 Å². The van der Waals surface area contributed by atoms with Crippen LogP contribution in [0.5, 0.6) is 0 Å². The van der Waals surface area contributed by atoms with Crippen LogP contribution in [0.1, 0.15) is 96.2 Å². The van der Waals surface area contributed by atoms with Gasteiger partial charge in [-0.3, -0.25) is 29.3 Å². The number of unbranched alkanes of at least 4 members (excludes halogenated alkanes) is 3. The van der Waals surface area contributed by atoms with E-state index in [0.717, 1.165) is 129 Å². The van der Waals surface area contributed by atoms with E-state index in [-0.39, 0.29) is 59.8 Å². The van der Waals surface area contributed by atoms with Gasteiger partial charge in [0, 0.05) is 99.4 Å². The fourth-order valence-electron chi connectivity index (χ4n) is 10.2. The molecule has 19 heteroatoms. The molecular formula is C49H60N12O6S. The lowest BCUT2D eigenvalue weighted by Gasteiger charge is -2.48. The number of hydrogen-bond donors (Lipinski definition) is 4. The van der Waals surface area contributed by atoms with Gasteiger partial charge >= 0.3 is 0 Å². The second-order valence-electron chi connectivity index (χ2n) is 19.1. The average molecular weight is 945 g/mol. The van der Waals surface area contributed by atoms with Gasteiger partial charge in [0.1, 0.15) is 16.9 Å². The molecule has 0 saturated carbocycles. The van der Waals surface area contributed by atoms with Gasteiger partial charge in [0.2, 0.25) is 17.7 Å². The van der Waals surface area contributed by atoms with Crippen LogP contribution in [0.25, 0.3) is 0 Å². The number of carbonyl (C=O) groups excluding carboxylic acids is 5. The molecule has 7 heterocycles. The number of nitrogens with two attached hydrogens (primary N) is 1. The molecule has 1 atom stereocenters. The number of anilines is 3. The number of nitrogens with one attached hydrogen (secondary N) is 3. The Morgan fingerprint density at radius 3 is 2.49 bits per heavy atom. The van der Waals surface area contributed by atoms with E-state index in [1.807, 2.05) is 42.6 Å². The number of methoxy groups -OCH3 is 1. The van der Waals surface area contributed by atoms with Crippen LogP contribution in [0.15, 0.2) is 76.9 Å². The summed E-state index contributed by atoms with van der Waals surface area (Å²) in [5.41, 5.74) is 9.54. The van der Waals surface area contributed by atoms with Gasteiger partial charge in [0.05, 0.1) is 19.0 Å². The van der Waals surface area contributed by atoms with E-state index in [2.05, 4.69) is 50.8 Å². The summed E-state index contributed by atoms with van der Waals surface area (Å²) in [4.78, 5) is 81.6. The molecule has 0 radical (unpaired) electrons. The first kappa shape index (κ1) is 47.1. The van der Waals surface area contributed by atoms with Crippen molar-refractivity contribution in [1.29, 1.82) is 0 Å². The largest absolute Gasteiger partial charge is 0.383 e. The van der Waals surface area contributed by atoms with Crippen LogP contribution < -0.4 is 31.5 Å². The third-order valence-electron chi connectivity index (χ3n) is 13.9. The van der Waals surface area contributed by atoms with Crippen molar-refractivity contribution >= 4 is 58.6 Å². The Morgan fingerprint density at radius 1 is 0.897 bits per heavy atom. The van der Waals surface area contributed by atoms with Crippen molar-refractivity contribution in [3.63, 3.8) is 0 Å². The minimum Gasteiger partial charge on any atom is -0.383 e. The summed E-state index contributed by atoms with van der Waals surface area (Å²) in [6.07, 6.45) is 11.4. The Morgan fingerprint density at radius 2 is 1.72 bits per heavy atom. The Hall–Kier alpha value is -6.02. The monoisotopic (exact) mass is 944 g/mol. The molecule has 5 aliphatic rings. The Kier molecular flexibility index (Phi) is 14.3. The predicted octanol–water partition coefficient (Wildman–Crippen LogP) is 4.15. The van der Waals surface area contributed by atoms with Crippen LogP contribution in [0, 0.1) is 5.41 Å². The number of aromatic nitrogens is 4. The third kappa shape index (κ3) is 11.1. The minimum absolute atomic E-state index is 0.0259. The molecule has 5 aliphatic heterocycles. The van der Waals surface area contributed by atoms with Crippen LogP contribution in [0.4, 0.5) is 17.3 Å². The fraction of sp³-hybridized carbons (Fsp3) is 0.490. The zero-order chi connectivity index (χ0) is 47.3. The number of likely N-dealkylation sites (tertiary alicyclic amines) is 1. The zero-order valence-electron chi connectivity index (χ0n) is 38.6. The lowest BCUT2D eigenvalue weighted by molar-refractivity contribution is -0.137. The lowest BCUT2D eigenvalue weighted by Crippen LogP contribution is -2.57. The van der Waals surface area contributed by atoms with Crippen molar-refractivity contribution < 1.29 is 28.7 Å². The summed E-state index contributed by atoms with van der Waals surface area (Å²) in [5, 5.41) is 17.8. The van der Waals surface area contributed by atoms with E-state index < -0.39 is 11.9 Å². The molecule has 1 unspecified atom stereocenters. The fourth-order valence-corrected chi connectivity index (χ4v) is 11.0. The van der Waals surface area contributed by atoms with Gasteiger partial charge in [-0.1, -0.05) is 42.8 Å². The lowest BCUT2D eigenvalue weighted by atomic mass is 9.79. The molecule has 5 N–H and O–H groups in total. The van der Waals surface area contributed by atoms with E-state index in [4.69, 9.17) is 10.5 Å². The first-order valence-corrected chi connectivity index (χ1v) is 24.5. The number of amides is 5. The van der Waals surface area contributed by atoms with Gasteiger partial charge in [-0.2, -0.15) is 0 Å². The van der Waals surface area contributed by atoms with Crippen molar-refractivity contribution in [1.82, 2.24) is 40.6 Å². The SMILES string of the molecule is COCC1(N)CCN(c2cnc(Sc3cccc(NC(=O)CCCCCCN4CC5(CCN(c6ccc(C(=O)NCc7ccc8c(c7)CN(C7CCC(=O)NC7=O)C8=O)nn6)C5)C4)c3)cn2)CC1. The molecule has 1 spiro atoms. The summed E-state index contributed by atoms with van der Waals surface area (Å²) in [6, 6.07) is 16.1. The van der Waals surface area contributed by atoms with Crippen LogP contribution >= 0.6 is 11.8 Å². The number of imide groups is 1. The van der Waals surface area contributed by atoms with E-state index in [1.54, 1.807) is 31.5 Å². The maximum absolute atomic E-state index is 13.0. The number of benzene rings is 2. The molecule has 4 saturated heterocycles. The van der Waals surface area contributed by atoms with Crippen LogP contribution in [0.3, 0.4) is 0 Å². The number of rotatable bonds is 18. The number of fused-ring (bicyclic) bond motifs is 1. The molecule has 9 rings (SSSR count). The van der Waals surface area contributed by atoms with Gasteiger partial charge in [0.25, 0.3) is 11.8 Å². The van der Waals surface area contributed by atoms with E-state index >= 15 is 0 Å². The minimum atomic E-state index is -0.675. The molecule has 4 fully saturated rings. The molecule has 4 aromatic rings. The molecule has 0 bridgehead atoms. The molecule has 358 valence electrons. The van der Waals surface area contributed by atoms with Gasteiger partial charge in [-0.25, -0.2) is 9.97 Å². The highest BCUT2D eigenvalue weighted by atomic mass is 32.2. The quantitative estimate of drug-likeness (QED) is 0.0813. The van der Waals surface area contributed by atoms with Gasteiger partial charge < -0.3 is 40.7 Å². The highest BCUT2D eigenvalue weighted by Gasteiger charge is 2.47. The van der Waals surface area contributed by atoms with Crippen molar-refractivity contribution in [2.24, 2.45) is 11.1 Å². The Labute approximate surface area is 400 Å². The molecule has 0 aliphatic carbocycles. The zero-order valence-corrected chi connectivity index (χ0v) is 39.4. The molecule has 18 nitrogen and oxygen atoms in total. The summed E-state index contributed by atoms with van der Waals surface area (Å²) < 4.78 is 5.30. The van der Waals surface area contributed by atoms with Crippen LogP contribution in [0.2, 0.25) is 0 Å². The van der Waals surface area contributed by atoms with E-state index in [0.29, 0.717) is 25.0 Å². The maximum Gasteiger partial charge on any atom is 0.272 e. The Bertz CT molecular complexity index is 2500. The molecule has 2 aromatic carbocycles. The normalized spacial score (nSPS) is 19.8. The van der Waals surface area contributed by atoms with Crippen molar-refractivity contribution in [3.8, 4) is 0 Å². The summed E-state index contributed by atoms with van der Waals surface area (Å²) >= 11 is 1.52. The highest BCUT2D eigenvalue weighted by Crippen LogP contribution is 2.41. The van der Waals surface area contributed by atoms with Crippen molar-refractivity contribution in [2.75, 3.05) is 74.6 Å². The smallest absolute Gasteiger partial charge is 0.272 e. The standard InChI is InChI=1S/C49H60N12O6S/c1-67-32-49(50)17-21-59(22-18-49)41-26-52-44(27-51-41)68-36-8-6-7-35(24-36)54-42(62)9-4-2-3-5-19-58-29-48(30-58)16-20-60(31-48)40-14-12-38(56-57-40)45(64)53-25-33-10-11-37-34(23-33)28-61(47(37)66)39-13-15-43(63)55-46(39)65/h6-8,10-12,14,23-24,26-27,39H,2-5,9,13,15-22,25,28-32,50H2,1H3,(H,53,64)(H,54,62)(H,55,63,65). The van der Waals surface area contributed by atoms with Crippen LogP contribution in [-0.2, 0) is 32.2 Å². The van der Waals surface area contributed by atoms with Crippen molar-refractivity contribution in [3.05, 3.63) is 89.4 Å². The van der Waals surface area contributed by atoms with Gasteiger partial charge in [0.15, 0.2) is 11.5 Å². The van der Waals surface area contributed by atoms with Crippen molar-refractivity contribution in [2.45, 2.75) is 98.8 Å². The number of ether oxygens (including phenoxy) is 1. The first-order chi connectivity index (χ1) is 32.9. The Balaban J connectivity index is 0.632. The second-order valence-corrected chi connectivity index (χ2v) is 20.2. The maximum atomic E-state index is 13.0. The third-order valence-corrected chi connectivity index (χ3v) is 14.8. The highest BCUT2D eigenvalue weighted by molar-refractivity contribution is 7.99. The molecule has 5 amide bonds. The number of carbonyl (C=O) groups is 5. The summed E-state index contributed by atoms with van der Waals surface area (Å²) in [5.74, 6) is 0.298. The molecule has 2 aromatic heterocycles. The first-order valence-electron chi connectivity index (χ1n) is 23.7. The van der Waals surface area contributed by atoms with Crippen LogP contribution in [-0.4, -0.2) is 131 Å². The number of nitrogens with zero attached hydrogens (tertiary/aromatic N) is 8. The summed E-state index contributed by atoms with van der Waals surface area (Å²) in [6.45, 7) is 7.70. The topological polar surface area (TPSA) is 221 Å². The number of piperidine rings is 2. The van der Waals surface area contributed by atoms with Gasteiger partial charge in [-0.05, 0) is 92.6 Å². The van der Waals surface area contributed by atoms with E-state index in [1.165, 1.54) is 16.7 Å². The molecular weight excluding hydrogens is 885 g/mol. The summed E-state index contributed by atoms with van der Waals surface area (Å²) in [7, 11) is 1.69. The average Bonchev–Trinajstić information content (AvgIpc) is 3.91. The second kappa shape index (κ2) is 20.7. The number of hydrogen-bond acceptors (Lipinski definition) is 15. The predicted molar refractivity (Wildman–Crippen MR) is 256 cm³/mol.